The summed E-state index contributed by atoms with van der Waals surface area (Å²) in [6.45, 7) is 3.46. The molecule has 0 aliphatic carbocycles. The molecule has 2 aliphatic rings. The highest BCUT2D eigenvalue weighted by atomic mass is 16.5. The lowest BCUT2D eigenvalue weighted by Crippen LogP contribution is -2.51. The Balaban J connectivity index is 1.32. The zero-order valence-corrected chi connectivity index (χ0v) is 18.3. The first-order valence-corrected chi connectivity index (χ1v) is 11.6. The second-order valence-electron chi connectivity index (χ2n) is 8.56. The Bertz CT molecular complexity index is 681. The molecule has 2 fully saturated rings. The minimum Gasteiger partial charge on any atom is -0.394 e. The average Bonchev–Trinajstić information content (AvgIpc) is 2.80. The second-order valence-corrected chi connectivity index (χ2v) is 8.56. The SMILES string of the molecule is O=C(CCN1CCCCC1)NCC[C@@H]1CC[C@H](NC(=O)Cc2cccnc2)[C@H](CO)O1. The van der Waals surface area contributed by atoms with Gasteiger partial charge in [-0.1, -0.05) is 12.5 Å². The Kier molecular flexibility index (Phi) is 9.71. The van der Waals surface area contributed by atoms with Gasteiger partial charge in [-0.15, -0.1) is 0 Å². The van der Waals surface area contributed by atoms with Gasteiger partial charge in [0.2, 0.25) is 11.8 Å². The quantitative estimate of drug-likeness (QED) is 0.510. The van der Waals surface area contributed by atoms with Crippen LogP contribution < -0.4 is 10.6 Å². The molecule has 3 atom stereocenters. The molecule has 172 valence electrons. The van der Waals surface area contributed by atoms with Crippen LogP contribution in [-0.4, -0.2) is 77.8 Å². The molecule has 31 heavy (non-hydrogen) atoms. The van der Waals surface area contributed by atoms with Crippen molar-refractivity contribution in [3.8, 4) is 0 Å². The zero-order valence-electron chi connectivity index (χ0n) is 18.3. The minimum atomic E-state index is -0.425. The summed E-state index contributed by atoms with van der Waals surface area (Å²) in [5.41, 5.74) is 0.853. The zero-order chi connectivity index (χ0) is 21.9. The van der Waals surface area contributed by atoms with Crippen molar-refractivity contribution in [3.63, 3.8) is 0 Å². The van der Waals surface area contributed by atoms with E-state index >= 15 is 0 Å². The standard InChI is InChI=1S/C23H36N4O4/c28-17-21-20(26-23(30)15-18-5-4-10-24-16-18)7-6-19(31-21)8-11-25-22(29)9-14-27-12-2-1-3-13-27/h4-5,10,16,19-21,28H,1-3,6-9,11-15,17H2,(H,25,29)(H,26,30)/t19-,20-,21-/m0/s1. The van der Waals surface area contributed by atoms with E-state index in [1.165, 1.54) is 19.3 Å². The maximum Gasteiger partial charge on any atom is 0.224 e. The second kappa shape index (κ2) is 12.7. The number of carbonyl (C=O) groups is 2. The molecule has 2 amide bonds. The van der Waals surface area contributed by atoms with Crippen LogP contribution in [0, 0.1) is 0 Å². The molecule has 0 bridgehead atoms. The summed E-state index contributed by atoms with van der Waals surface area (Å²) in [4.78, 5) is 30.8. The first-order chi connectivity index (χ1) is 15.1. The molecule has 0 radical (unpaired) electrons. The van der Waals surface area contributed by atoms with Crippen LogP contribution in [0.2, 0.25) is 0 Å². The van der Waals surface area contributed by atoms with Crippen LogP contribution in [0.1, 0.15) is 50.5 Å². The number of nitrogens with one attached hydrogen (secondary N) is 2. The molecule has 0 unspecified atom stereocenters. The van der Waals surface area contributed by atoms with Crippen molar-refractivity contribution < 1.29 is 19.4 Å². The monoisotopic (exact) mass is 432 g/mol. The lowest BCUT2D eigenvalue weighted by molar-refractivity contribution is -0.128. The van der Waals surface area contributed by atoms with Gasteiger partial charge in [0.1, 0.15) is 6.10 Å². The van der Waals surface area contributed by atoms with E-state index < -0.39 is 6.10 Å². The van der Waals surface area contributed by atoms with E-state index in [9.17, 15) is 14.7 Å². The van der Waals surface area contributed by atoms with Gasteiger partial charge >= 0.3 is 0 Å². The van der Waals surface area contributed by atoms with Gasteiger partial charge in [-0.25, -0.2) is 0 Å². The first kappa shape index (κ1) is 23.6. The smallest absolute Gasteiger partial charge is 0.224 e. The van der Waals surface area contributed by atoms with Gasteiger partial charge in [-0.05, 0) is 56.8 Å². The summed E-state index contributed by atoms with van der Waals surface area (Å²) in [6, 6.07) is 3.47. The molecular formula is C23H36N4O4. The molecule has 0 saturated carbocycles. The van der Waals surface area contributed by atoms with Crippen molar-refractivity contribution in [3.05, 3.63) is 30.1 Å². The van der Waals surface area contributed by atoms with E-state index in [0.29, 0.717) is 19.4 Å². The third-order valence-electron chi connectivity index (χ3n) is 6.12. The van der Waals surface area contributed by atoms with Crippen molar-refractivity contribution in [2.24, 2.45) is 0 Å². The summed E-state index contributed by atoms with van der Waals surface area (Å²) < 4.78 is 6.00. The van der Waals surface area contributed by atoms with Gasteiger partial charge < -0.3 is 25.4 Å². The molecule has 3 rings (SSSR count). The lowest BCUT2D eigenvalue weighted by atomic mass is 9.96. The Labute approximate surface area is 184 Å². The molecule has 2 aliphatic heterocycles. The average molecular weight is 433 g/mol. The Morgan fingerprint density at radius 2 is 2.03 bits per heavy atom. The number of ether oxygens (including phenoxy) is 1. The number of hydrogen-bond donors (Lipinski definition) is 3. The van der Waals surface area contributed by atoms with E-state index in [1.807, 2.05) is 6.07 Å². The van der Waals surface area contributed by atoms with Crippen LogP contribution in [0.15, 0.2) is 24.5 Å². The van der Waals surface area contributed by atoms with Crippen molar-refractivity contribution in [1.29, 1.82) is 0 Å². The molecule has 8 nitrogen and oxygen atoms in total. The van der Waals surface area contributed by atoms with E-state index in [-0.39, 0.29) is 37.0 Å². The fraction of sp³-hybridized carbons (Fsp3) is 0.696. The van der Waals surface area contributed by atoms with Crippen molar-refractivity contribution in [2.45, 2.75) is 69.6 Å². The number of aromatic nitrogens is 1. The number of aliphatic hydroxyl groups is 1. The molecule has 1 aromatic heterocycles. The van der Waals surface area contributed by atoms with Gasteiger partial charge in [0.25, 0.3) is 0 Å². The Hall–Kier alpha value is -2.03. The van der Waals surface area contributed by atoms with Crippen LogP contribution in [0.4, 0.5) is 0 Å². The number of amides is 2. The number of carbonyl (C=O) groups excluding carboxylic acids is 2. The van der Waals surface area contributed by atoms with E-state index in [4.69, 9.17) is 4.74 Å². The van der Waals surface area contributed by atoms with Crippen molar-refractivity contribution >= 4 is 11.8 Å². The number of likely N-dealkylation sites (tertiary alicyclic amines) is 1. The molecule has 2 saturated heterocycles. The van der Waals surface area contributed by atoms with E-state index in [2.05, 4.69) is 20.5 Å². The van der Waals surface area contributed by atoms with Crippen LogP contribution in [0.3, 0.4) is 0 Å². The molecule has 3 heterocycles. The summed E-state index contributed by atoms with van der Waals surface area (Å²) >= 11 is 0. The fourth-order valence-corrected chi connectivity index (χ4v) is 4.36. The molecular weight excluding hydrogens is 396 g/mol. The van der Waals surface area contributed by atoms with Crippen LogP contribution in [0.5, 0.6) is 0 Å². The maximum absolute atomic E-state index is 12.3. The van der Waals surface area contributed by atoms with Gasteiger partial charge in [0.05, 0.1) is 25.2 Å². The molecule has 1 aromatic rings. The number of rotatable bonds is 10. The third kappa shape index (κ3) is 8.20. The number of piperidine rings is 1. The molecule has 8 heteroatoms. The van der Waals surface area contributed by atoms with E-state index in [0.717, 1.165) is 38.0 Å². The highest BCUT2D eigenvalue weighted by Gasteiger charge is 2.31. The Morgan fingerprint density at radius 1 is 1.19 bits per heavy atom. The van der Waals surface area contributed by atoms with Gasteiger partial charge in [-0.2, -0.15) is 0 Å². The summed E-state index contributed by atoms with van der Waals surface area (Å²) in [5.74, 6) is -0.0138. The first-order valence-electron chi connectivity index (χ1n) is 11.6. The van der Waals surface area contributed by atoms with Crippen molar-refractivity contribution in [1.82, 2.24) is 20.5 Å². The molecule has 0 spiro atoms. The number of hydrogen-bond acceptors (Lipinski definition) is 6. The van der Waals surface area contributed by atoms with Crippen LogP contribution in [-0.2, 0) is 20.7 Å². The highest BCUT2D eigenvalue weighted by molar-refractivity contribution is 5.78. The summed E-state index contributed by atoms with van der Waals surface area (Å²) in [7, 11) is 0. The Morgan fingerprint density at radius 3 is 2.77 bits per heavy atom. The summed E-state index contributed by atoms with van der Waals surface area (Å²) in [5, 5.41) is 15.7. The topological polar surface area (TPSA) is 104 Å². The van der Waals surface area contributed by atoms with Gasteiger partial charge in [0.15, 0.2) is 0 Å². The number of nitrogens with zero attached hydrogens (tertiary/aromatic N) is 2. The van der Waals surface area contributed by atoms with Crippen molar-refractivity contribution in [2.75, 3.05) is 32.8 Å². The van der Waals surface area contributed by atoms with Crippen LogP contribution in [0.25, 0.3) is 0 Å². The minimum absolute atomic E-state index is 0.0222. The van der Waals surface area contributed by atoms with Crippen LogP contribution >= 0.6 is 0 Å². The third-order valence-corrected chi connectivity index (χ3v) is 6.12. The lowest BCUT2D eigenvalue weighted by Gasteiger charge is -2.36. The molecule has 0 aromatic carbocycles. The van der Waals surface area contributed by atoms with Gasteiger partial charge in [-0.3, -0.25) is 14.6 Å². The van der Waals surface area contributed by atoms with E-state index in [1.54, 1.807) is 18.5 Å². The predicted molar refractivity (Wildman–Crippen MR) is 117 cm³/mol. The normalized spacial score (nSPS) is 24.5. The largest absolute Gasteiger partial charge is 0.394 e. The predicted octanol–water partition coefficient (Wildman–Crippen LogP) is 1.03. The van der Waals surface area contributed by atoms with Gasteiger partial charge in [0, 0.05) is 31.9 Å². The highest BCUT2D eigenvalue weighted by Crippen LogP contribution is 2.22. The number of aliphatic hydroxyl groups excluding tert-OH is 1. The fourth-order valence-electron chi connectivity index (χ4n) is 4.36. The summed E-state index contributed by atoms with van der Waals surface area (Å²) in [6.07, 6.45) is 9.72. The maximum atomic E-state index is 12.3. The number of pyridine rings is 1. The molecule has 3 N–H and O–H groups in total.